The summed E-state index contributed by atoms with van der Waals surface area (Å²) < 4.78 is 0. The minimum atomic E-state index is -0.475. The molecule has 2 aromatic rings. The number of hydrogen-bond donors (Lipinski definition) is 5. The van der Waals surface area contributed by atoms with Crippen LogP contribution in [0.2, 0.25) is 0 Å². The molecule has 0 aromatic carbocycles. The van der Waals surface area contributed by atoms with Crippen LogP contribution in [0.4, 0.5) is 0 Å². The second-order valence-corrected chi connectivity index (χ2v) is 21.2. The maximum Gasteiger partial charge on any atom is 0.254 e. The summed E-state index contributed by atoms with van der Waals surface area (Å²) in [4.78, 5) is 45.5. The molecule has 11 aliphatic carbocycles. The van der Waals surface area contributed by atoms with Gasteiger partial charge in [0.15, 0.2) is 0 Å². The Kier molecular flexibility index (Phi) is 9.60. The van der Waals surface area contributed by atoms with Gasteiger partial charge in [-0.15, -0.1) is 0 Å². The fourth-order valence-electron chi connectivity index (χ4n) is 13.9. The third-order valence-electron chi connectivity index (χ3n) is 16.5. The number of nitrogens with zero attached hydrogens (tertiary/aromatic N) is 4. The number of nitrogens with two attached hydrogens (primary N) is 1. The first kappa shape index (κ1) is 38.2. The highest BCUT2D eigenvalue weighted by molar-refractivity contribution is 5.96. The van der Waals surface area contributed by atoms with Crippen LogP contribution in [0, 0.1) is 35.5 Å². The smallest absolute Gasteiger partial charge is 0.254 e. The molecule has 11 nitrogen and oxygen atoms in total. The van der Waals surface area contributed by atoms with Gasteiger partial charge < -0.3 is 26.6 Å². The minimum absolute atomic E-state index is 0.00155. The molecule has 2 heterocycles. The van der Waals surface area contributed by atoms with Gasteiger partial charge in [-0.2, -0.15) is 0 Å². The van der Waals surface area contributed by atoms with Gasteiger partial charge in [-0.25, -0.2) is 19.9 Å². The molecule has 308 valence electrons. The van der Waals surface area contributed by atoms with Crippen molar-refractivity contribution in [3.05, 3.63) is 46.6 Å². The number of carbonyl (C=O) groups excluding carboxylic acids is 2. The average molecular weight is 780 g/mol. The molecule has 13 rings (SSSR count). The lowest BCUT2D eigenvalue weighted by molar-refractivity contribution is -0.137. The molecule has 0 radical (unpaired) electrons. The van der Waals surface area contributed by atoms with E-state index >= 15 is 0 Å². The summed E-state index contributed by atoms with van der Waals surface area (Å²) in [5.74, 6) is 5.49. The summed E-state index contributed by atoms with van der Waals surface area (Å²) in [6, 6.07) is 0.380. The van der Waals surface area contributed by atoms with Gasteiger partial charge in [0.25, 0.3) is 11.8 Å². The second-order valence-electron chi connectivity index (χ2n) is 21.2. The molecule has 57 heavy (non-hydrogen) atoms. The SMILES string of the molecule is CC(C)c1ncc(C(=O)NC2C3CC4CC2CC(O)(C4)C3)c(C2CCCC2)n1.NC1(c2ncc(C(=O)NC3C4CC5CC3CC(O)(C5)C4)c(C3CCCC3)n2)CC1. The van der Waals surface area contributed by atoms with Crippen molar-refractivity contribution in [1.82, 2.24) is 30.6 Å². The molecule has 2 aromatic heterocycles. The molecule has 4 unspecified atom stereocenters. The molecule has 0 aliphatic heterocycles. The number of nitrogens with one attached hydrogen (secondary N) is 2. The molecule has 11 fully saturated rings. The number of amides is 2. The molecule has 11 saturated carbocycles. The van der Waals surface area contributed by atoms with E-state index in [2.05, 4.69) is 34.4 Å². The van der Waals surface area contributed by atoms with Gasteiger partial charge >= 0.3 is 0 Å². The van der Waals surface area contributed by atoms with E-state index in [-0.39, 0.29) is 35.4 Å². The largest absolute Gasteiger partial charge is 0.390 e. The lowest BCUT2D eigenvalue weighted by Gasteiger charge is -2.58. The number of hydrogen-bond acceptors (Lipinski definition) is 9. The maximum atomic E-state index is 13.4. The van der Waals surface area contributed by atoms with E-state index in [1.54, 1.807) is 12.4 Å². The zero-order valence-electron chi connectivity index (χ0n) is 34.2. The Morgan fingerprint density at radius 1 is 0.667 bits per heavy atom. The first-order chi connectivity index (χ1) is 27.3. The highest BCUT2D eigenvalue weighted by Crippen LogP contribution is 2.57. The molecule has 8 bridgehead atoms. The third-order valence-corrected chi connectivity index (χ3v) is 16.5. The first-order valence-electron chi connectivity index (χ1n) is 22.9. The van der Waals surface area contributed by atoms with E-state index in [0.717, 1.165) is 120 Å². The monoisotopic (exact) mass is 780 g/mol. The summed E-state index contributed by atoms with van der Waals surface area (Å²) in [7, 11) is 0. The molecule has 6 N–H and O–H groups in total. The van der Waals surface area contributed by atoms with Crippen LogP contribution in [0.15, 0.2) is 12.4 Å². The van der Waals surface area contributed by atoms with Crippen molar-refractivity contribution in [2.24, 2.45) is 41.2 Å². The van der Waals surface area contributed by atoms with Gasteiger partial charge in [-0.3, -0.25) is 9.59 Å². The normalized spacial score (nSPS) is 38.4. The summed E-state index contributed by atoms with van der Waals surface area (Å²) in [5, 5.41) is 28.4. The summed E-state index contributed by atoms with van der Waals surface area (Å²) >= 11 is 0. The van der Waals surface area contributed by atoms with Crippen LogP contribution in [-0.4, -0.2) is 65.2 Å². The lowest BCUT2D eigenvalue weighted by atomic mass is 9.52. The van der Waals surface area contributed by atoms with E-state index in [9.17, 15) is 19.8 Å². The predicted molar refractivity (Wildman–Crippen MR) is 215 cm³/mol. The molecule has 0 spiro atoms. The molecule has 11 heteroatoms. The Bertz CT molecular complexity index is 1850. The number of aliphatic hydroxyl groups is 2. The Balaban J connectivity index is 0.000000139. The van der Waals surface area contributed by atoms with Crippen molar-refractivity contribution in [1.29, 1.82) is 0 Å². The fourth-order valence-corrected chi connectivity index (χ4v) is 13.9. The molecule has 11 aliphatic rings. The fraction of sp³-hybridized carbons (Fsp3) is 0.783. The van der Waals surface area contributed by atoms with Gasteiger partial charge in [0.05, 0.1) is 39.3 Å². The quantitative estimate of drug-likeness (QED) is 0.196. The van der Waals surface area contributed by atoms with Crippen LogP contribution >= 0.6 is 0 Å². The van der Waals surface area contributed by atoms with Crippen molar-refractivity contribution in [3.8, 4) is 0 Å². The van der Waals surface area contributed by atoms with Crippen LogP contribution in [-0.2, 0) is 5.54 Å². The zero-order valence-corrected chi connectivity index (χ0v) is 34.2. The van der Waals surface area contributed by atoms with E-state index in [0.29, 0.717) is 64.3 Å². The highest BCUT2D eigenvalue weighted by Gasteiger charge is 2.56. The highest BCUT2D eigenvalue weighted by atomic mass is 16.3. The van der Waals surface area contributed by atoms with E-state index in [1.807, 2.05) is 0 Å². The van der Waals surface area contributed by atoms with Crippen molar-refractivity contribution < 1.29 is 19.8 Å². The van der Waals surface area contributed by atoms with Crippen LogP contribution in [0.25, 0.3) is 0 Å². The minimum Gasteiger partial charge on any atom is -0.390 e. The summed E-state index contributed by atoms with van der Waals surface area (Å²) in [6.07, 6.45) is 24.6. The molecule has 0 saturated heterocycles. The van der Waals surface area contributed by atoms with Gasteiger partial charge in [-0.1, -0.05) is 39.5 Å². The zero-order chi connectivity index (χ0) is 39.3. The Hall–Kier alpha value is -3.02. The van der Waals surface area contributed by atoms with E-state index in [1.165, 1.54) is 25.7 Å². The number of rotatable bonds is 8. The average Bonchev–Trinajstić information content (AvgIpc) is 3.53. The molecule has 2 amide bonds. The predicted octanol–water partition coefficient (Wildman–Crippen LogP) is 6.68. The van der Waals surface area contributed by atoms with Crippen molar-refractivity contribution >= 4 is 11.8 Å². The van der Waals surface area contributed by atoms with Gasteiger partial charge in [-0.05, 0) is 138 Å². The van der Waals surface area contributed by atoms with Crippen molar-refractivity contribution in [3.63, 3.8) is 0 Å². The molecular formula is C46H65N7O4. The summed E-state index contributed by atoms with van der Waals surface area (Å²) in [6.45, 7) is 4.21. The second kappa shape index (κ2) is 14.3. The van der Waals surface area contributed by atoms with Crippen LogP contribution < -0.4 is 16.4 Å². The van der Waals surface area contributed by atoms with Gasteiger partial charge in [0.1, 0.15) is 11.6 Å². The van der Waals surface area contributed by atoms with Crippen molar-refractivity contribution in [2.45, 2.75) is 189 Å². The Labute approximate surface area is 338 Å². The lowest BCUT2D eigenvalue weighted by Crippen LogP contribution is -2.61. The van der Waals surface area contributed by atoms with Crippen LogP contribution in [0.1, 0.15) is 204 Å². The van der Waals surface area contributed by atoms with E-state index < -0.39 is 11.2 Å². The molecular weight excluding hydrogens is 715 g/mol. The van der Waals surface area contributed by atoms with E-state index in [4.69, 9.17) is 15.7 Å². The molecule has 4 atom stereocenters. The summed E-state index contributed by atoms with van der Waals surface area (Å²) in [5.41, 5.74) is 8.26. The standard InChI is InChI=1S/C23H32N4O2.C23H33N3O2/c24-23(5-6-23)21-25-12-17(19(27-21)14-3-1-2-4-14)20(28)26-18-15-7-13-8-16(18)11-22(29,9-13)10-15;1-13(2)21-24-12-18(20(25-21)15-5-3-4-6-15)22(27)26-19-16-7-14-8-17(19)11-23(28,9-14)10-16/h12-16,18,29H,1-11,24H2,(H,26,28);12-17,19,28H,3-11H2,1-2H3,(H,26,27). The Morgan fingerprint density at radius 2 is 1.09 bits per heavy atom. The Morgan fingerprint density at radius 3 is 1.49 bits per heavy atom. The van der Waals surface area contributed by atoms with Crippen LogP contribution in [0.3, 0.4) is 0 Å². The van der Waals surface area contributed by atoms with Gasteiger partial charge in [0.2, 0.25) is 0 Å². The van der Waals surface area contributed by atoms with Crippen molar-refractivity contribution in [2.75, 3.05) is 0 Å². The third kappa shape index (κ3) is 7.23. The van der Waals surface area contributed by atoms with Crippen LogP contribution in [0.5, 0.6) is 0 Å². The number of aromatic nitrogens is 4. The maximum absolute atomic E-state index is 13.4. The number of carbonyl (C=O) groups is 2. The first-order valence-corrected chi connectivity index (χ1v) is 22.9. The van der Waals surface area contributed by atoms with Gasteiger partial charge in [0, 0.05) is 42.2 Å². The topological polar surface area (TPSA) is 176 Å².